The molecule has 0 bridgehead atoms. The number of hydrogen-bond donors (Lipinski definition) is 2. The van der Waals surface area contributed by atoms with Crippen molar-refractivity contribution in [2.24, 2.45) is 0 Å². The smallest absolute Gasteiger partial charge is 0.315 e. The number of amides is 2. The highest BCUT2D eigenvalue weighted by Gasteiger charge is 2.47. The fourth-order valence-corrected chi connectivity index (χ4v) is 4.10. The number of hydrogen-bond acceptors (Lipinski definition) is 2. The number of benzene rings is 1. The molecule has 1 aliphatic heterocycles. The Balaban J connectivity index is 1.87. The Kier molecular flexibility index (Phi) is 3.89. The second kappa shape index (κ2) is 5.58. The van der Waals surface area contributed by atoms with Crippen LogP contribution in [0, 0.1) is 0 Å². The predicted molar refractivity (Wildman–Crippen MR) is 88.9 cm³/mol. The monoisotopic (exact) mass is 301 g/mol. The highest BCUT2D eigenvalue weighted by Crippen LogP contribution is 2.45. The van der Waals surface area contributed by atoms with E-state index >= 15 is 0 Å². The molecule has 2 fully saturated rings. The summed E-state index contributed by atoms with van der Waals surface area (Å²) in [5.74, 6) is 0. The maximum Gasteiger partial charge on any atom is 0.315 e. The lowest BCUT2D eigenvalue weighted by molar-refractivity contribution is 0.0652. The number of carbonyl (C=O) groups excluding carboxylic acids is 1. The molecule has 1 saturated carbocycles. The first-order valence-electron chi connectivity index (χ1n) is 8.33. The zero-order valence-electron chi connectivity index (χ0n) is 13.9. The van der Waals surface area contributed by atoms with Crippen LogP contribution < -0.4 is 10.6 Å². The Morgan fingerprint density at radius 1 is 1.18 bits per heavy atom. The van der Waals surface area contributed by atoms with Crippen molar-refractivity contribution in [3.8, 4) is 0 Å². The van der Waals surface area contributed by atoms with Crippen LogP contribution in [0.25, 0.3) is 0 Å². The van der Waals surface area contributed by atoms with Crippen molar-refractivity contribution in [2.45, 2.75) is 50.1 Å². The molecule has 0 atom stereocenters. The van der Waals surface area contributed by atoms with Gasteiger partial charge in [-0.05, 0) is 57.3 Å². The quantitative estimate of drug-likeness (QED) is 0.901. The van der Waals surface area contributed by atoms with Gasteiger partial charge in [-0.3, -0.25) is 4.90 Å². The van der Waals surface area contributed by atoms with Crippen LogP contribution in [0.15, 0.2) is 24.3 Å². The molecule has 3 rings (SSSR count). The van der Waals surface area contributed by atoms with Crippen LogP contribution in [0.3, 0.4) is 0 Å². The van der Waals surface area contributed by atoms with Crippen LogP contribution in [-0.4, -0.2) is 37.1 Å². The molecule has 4 nitrogen and oxygen atoms in total. The zero-order chi connectivity index (χ0) is 15.8. The lowest BCUT2D eigenvalue weighted by Gasteiger charge is -2.48. The number of rotatable bonds is 3. The van der Waals surface area contributed by atoms with Crippen LogP contribution >= 0.6 is 0 Å². The Bertz CT molecular complexity index is 559. The first kappa shape index (κ1) is 15.3. The van der Waals surface area contributed by atoms with Gasteiger partial charge < -0.3 is 10.6 Å². The van der Waals surface area contributed by atoms with Gasteiger partial charge in [0.15, 0.2) is 0 Å². The lowest BCUT2D eigenvalue weighted by atomic mass is 9.68. The number of aryl methyl sites for hydroxylation is 1. The second-order valence-corrected chi connectivity index (χ2v) is 7.07. The van der Waals surface area contributed by atoms with Gasteiger partial charge in [-0.15, -0.1) is 0 Å². The van der Waals surface area contributed by atoms with Crippen LogP contribution in [0.1, 0.15) is 43.7 Å². The van der Waals surface area contributed by atoms with Crippen LogP contribution in [0.4, 0.5) is 4.79 Å². The molecular weight excluding hydrogens is 274 g/mol. The zero-order valence-corrected chi connectivity index (χ0v) is 13.9. The Labute approximate surface area is 133 Å². The predicted octanol–water partition coefficient (Wildman–Crippen LogP) is 2.63. The summed E-state index contributed by atoms with van der Waals surface area (Å²) >= 11 is 0. The van der Waals surface area contributed by atoms with Gasteiger partial charge in [0.2, 0.25) is 0 Å². The Morgan fingerprint density at radius 2 is 1.91 bits per heavy atom. The summed E-state index contributed by atoms with van der Waals surface area (Å²) in [6.45, 7) is 2.97. The maximum atomic E-state index is 11.5. The minimum absolute atomic E-state index is 0.00895. The molecule has 1 heterocycles. The van der Waals surface area contributed by atoms with E-state index in [9.17, 15) is 4.79 Å². The maximum absolute atomic E-state index is 11.5. The van der Waals surface area contributed by atoms with Crippen molar-refractivity contribution in [3.05, 3.63) is 35.4 Å². The molecule has 2 amide bonds. The fraction of sp³-hybridized carbons (Fsp3) is 0.611. The number of carbonyl (C=O) groups is 1. The third-order valence-electron chi connectivity index (χ3n) is 5.73. The van der Waals surface area contributed by atoms with Gasteiger partial charge in [0.1, 0.15) is 0 Å². The van der Waals surface area contributed by atoms with Crippen molar-refractivity contribution in [1.82, 2.24) is 15.5 Å². The molecule has 1 aliphatic carbocycles. The normalized spacial score (nSPS) is 31.4. The third-order valence-corrected chi connectivity index (χ3v) is 5.73. The topological polar surface area (TPSA) is 44.4 Å². The largest absolute Gasteiger partial charge is 0.336 e. The third kappa shape index (κ3) is 2.50. The van der Waals surface area contributed by atoms with Crippen molar-refractivity contribution >= 4 is 6.03 Å². The number of urea groups is 1. The SMILES string of the molecule is CCc1cccc([C@]2(N(C)C)CC[C@@]3(CC2)CNC(=O)N3)c1. The van der Waals surface area contributed by atoms with Crippen molar-refractivity contribution in [1.29, 1.82) is 0 Å². The summed E-state index contributed by atoms with van der Waals surface area (Å²) in [7, 11) is 4.37. The van der Waals surface area contributed by atoms with Gasteiger partial charge in [0.25, 0.3) is 0 Å². The fourth-order valence-electron chi connectivity index (χ4n) is 4.10. The summed E-state index contributed by atoms with van der Waals surface area (Å²) in [6.07, 6.45) is 5.28. The van der Waals surface area contributed by atoms with Gasteiger partial charge in [-0.1, -0.05) is 31.2 Å². The lowest BCUT2D eigenvalue weighted by Crippen LogP contribution is -2.54. The van der Waals surface area contributed by atoms with Crippen molar-refractivity contribution in [2.75, 3.05) is 20.6 Å². The van der Waals surface area contributed by atoms with E-state index in [1.54, 1.807) is 0 Å². The summed E-state index contributed by atoms with van der Waals surface area (Å²) in [5, 5.41) is 6.08. The van der Waals surface area contributed by atoms with E-state index in [0.29, 0.717) is 0 Å². The standard InChI is InChI=1S/C18H27N3O/c1-4-14-6-5-7-15(12-14)18(21(2)3)10-8-17(9-11-18)13-19-16(22)20-17/h5-7,12H,4,8-11,13H2,1-3H3,(H2,19,20,22)/t17-,18+. The van der Waals surface area contributed by atoms with Gasteiger partial charge in [-0.2, -0.15) is 0 Å². The van der Waals surface area contributed by atoms with Gasteiger partial charge in [0, 0.05) is 12.1 Å². The van der Waals surface area contributed by atoms with Crippen LogP contribution in [0.5, 0.6) is 0 Å². The molecule has 2 N–H and O–H groups in total. The molecular formula is C18H27N3O. The molecule has 1 aromatic rings. The molecule has 1 aromatic carbocycles. The average molecular weight is 301 g/mol. The van der Waals surface area contributed by atoms with Crippen molar-refractivity contribution in [3.63, 3.8) is 0 Å². The molecule has 120 valence electrons. The summed E-state index contributed by atoms with van der Waals surface area (Å²) in [6, 6.07) is 9.01. The van der Waals surface area contributed by atoms with Crippen molar-refractivity contribution < 1.29 is 4.79 Å². The molecule has 0 radical (unpaired) electrons. The second-order valence-electron chi connectivity index (χ2n) is 7.07. The molecule has 2 aliphatic rings. The van der Waals surface area contributed by atoms with E-state index in [2.05, 4.69) is 60.8 Å². The van der Waals surface area contributed by atoms with E-state index in [-0.39, 0.29) is 17.1 Å². The minimum Gasteiger partial charge on any atom is -0.336 e. The molecule has 4 heteroatoms. The Morgan fingerprint density at radius 3 is 2.45 bits per heavy atom. The molecule has 22 heavy (non-hydrogen) atoms. The van der Waals surface area contributed by atoms with E-state index in [1.165, 1.54) is 11.1 Å². The summed E-state index contributed by atoms with van der Waals surface area (Å²) in [5.41, 5.74) is 2.88. The van der Waals surface area contributed by atoms with Gasteiger partial charge in [-0.25, -0.2) is 4.79 Å². The van der Waals surface area contributed by atoms with E-state index in [4.69, 9.17) is 0 Å². The molecule has 0 aromatic heterocycles. The first-order chi connectivity index (χ1) is 10.5. The van der Waals surface area contributed by atoms with E-state index < -0.39 is 0 Å². The van der Waals surface area contributed by atoms with E-state index in [1.807, 2.05) is 0 Å². The Hall–Kier alpha value is -1.55. The average Bonchev–Trinajstić information content (AvgIpc) is 2.89. The number of nitrogens with one attached hydrogen (secondary N) is 2. The van der Waals surface area contributed by atoms with E-state index in [0.717, 1.165) is 38.6 Å². The van der Waals surface area contributed by atoms with Gasteiger partial charge in [0.05, 0.1) is 5.54 Å². The number of nitrogens with zero attached hydrogens (tertiary/aromatic N) is 1. The van der Waals surface area contributed by atoms with Crippen LogP contribution in [-0.2, 0) is 12.0 Å². The summed E-state index contributed by atoms with van der Waals surface area (Å²) < 4.78 is 0. The highest BCUT2D eigenvalue weighted by atomic mass is 16.2. The molecule has 0 unspecified atom stereocenters. The van der Waals surface area contributed by atoms with Crippen LogP contribution in [0.2, 0.25) is 0 Å². The minimum atomic E-state index is -0.0288. The van der Waals surface area contributed by atoms with Gasteiger partial charge >= 0.3 is 6.03 Å². The highest BCUT2D eigenvalue weighted by molar-refractivity contribution is 5.77. The summed E-state index contributed by atoms with van der Waals surface area (Å²) in [4.78, 5) is 13.9. The first-order valence-corrected chi connectivity index (χ1v) is 8.33. The molecule has 1 saturated heterocycles. The molecule has 1 spiro atoms.